The molecule has 24 heteroatoms. The first-order valence-electron chi connectivity index (χ1n) is 3.13. The van der Waals surface area contributed by atoms with Crippen LogP contribution in [0.1, 0.15) is 7.43 Å². The van der Waals surface area contributed by atoms with Crippen LogP contribution in [0.2, 0.25) is 0 Å². The summed E-state index contributed by atoms with van der Waals surface area (Å²) in [6, 6.07) is 0. The van der Waals surface area contributed by atoms with Gasteiger partial charge in [0.05, 0.1) is 0 Å². The molecule has 0 aromatic rings. The summed E-state index contributed by atoms with van der Waals surface area (Å²) in [5.74, 6) is 0. The average molecular weight is 664 g/mol. The van der Waals surface area contributed by atoms with Gasteiger partial charge < -0.3 is 48.4 Å². The van der Waals surface area contributed by atoms with Crippen LogP contribution in [0.25, 0.3) is 0 Å². The van der Waals surface area contributed by atoms with E-state index in [0.717, 1.165) is 0 Å². The van der Waals surface area contributed by atoms with Gasteiger partial charge in [0.1, 0.15) is 10.5 Å². The quantitative estimate of drug-likeness (QED) is 0.0927. The Kier molecular flexibility index (Phi) is 182. The van der Waals surface area contributed by atoms with E-state index < -0.39 is 35.7 Å². The molecule has 0 heterocycles. The van der Waals surface area contributed by atoms with Crippen LogP contribution in [0.5, 0.6) is 0 Å². The van der Waals surface area contributed by atoms with Crippen molar-refractivity contribution in [2.24, 2.45) is 0 Å². The minimum absolute atomic E-state index is 0. The standard InChI is InChI=1S/CH4.4Cu.HO6Si2.H4O4Si.O2Si.H4OSi.2H2O/c;;;;;1-4-5-6-8(3)7-2;1-5(2,3)4;1-3-2;1-2;;/h1H4;;;;;1H;1-4H;;1H,2H3;2*1H2/q;;;;+2;;;;;;. The predicted octanol–water partition coefficient (Wildman–Crippen LogP) is -7.19. The van der Waals surface area contributed by atoms with Crippen LogP contribution in [0.4, 0.5) is 0 Å². The summed E-state index contributed by atoms with van der Waals surface area (Å²) in [4.78, 5) is 36.4. The van der Waals surface area contributed by atoms with Crippen LogP contribution in [0.15, 0.2) is 0 Å². The third-order valence-corrected chi connectivity index (χ3v) is 1.36. The fraction of sp³-hybridized carbons (Fsp3) is 1.00. The maximum absolute atomic E-state index is 9.92. The molecule has 15 nitrogen and oxygen atoms in total. The Bertz CT molecular complexity index is 226. The third kappa shape index (κ3) is 241. The van der Waals surface area contributed by atoms with E-state index in [0.29, 0.717) is 10.5 Å². The molecule has 0 fully saturated rings. The second-order valence-electron chi connectivity index (χ2n) is 1.30. The second-order valence-corrected chi connectivity index (χ2v) is 5.45. The maximum atomic E-state index is 9.92. The Hall–Kier alpha value is 1.76. The largest absolute Gasteiger partial charge is 2.00 e. The molecule has 0 aliphatic carbocycles. The SMILES string of the molecule is C.O.O.O=[Si]=O.O=[Si][Si](=O)OOOO.O[SiH3].O[Si](O)(O)O.[Cu+2].[Cu].[Cu].[Cu]. The Morgan fingerprint density at radius 1 is 0.920 bits per heavy atom. The van der Waals surface area contributed by atoms with Gasteiger partial charge in [-0.3, -0.25) is 8.92 Å². The molecule has 0 amide bonds. The van der Waals surface area contributed by atoms with Gasteiger partial charge in [-0.1, -0.05) is 7.43 Å². The van der Waals surface area contributed by atoms with Gasteiger partial charge >= 0.3 is 52.8 Å². The Balaban J connectivity index is -0.0000000116. The second kappa shape index (κ2) is 63.6. The molecule has 0 unspecified atom stereocenters. The fourth-order valence-corrected chi connectivity index (χ4v) is 0.393. The molecule has 0 aliphatic heterocycles. The third-order valence-electron chi connectivity index (χ3n) is 0.223. The molecule has 10 N–H and O–H groups in total. The van der Waals surface area contributed by atoms with Gasteiger partial charge in [-0.15, -0.1) is 0 Å². The fourth-order valence-electron chi connectivity index (χ4n) is 0.0631. The van der Waals surface area contributed by atoms with E-state index in [1.165, 1.54) is 0 Å². The zero-order chi connectivity index (χ0) is 15.6. The van der Waals surface area contributed by atoms with Crippen molar-refractivity contribution in [3.05, 3.63) is 0 Å². The molecule has 173 valence electrons. The summed E-state index contributed by atoms with van der Waals surface area (Å²) in [7, 11) is -9.50. The first-order chi connectivity index (χ1) is 8.22. The average Bonchev–Trinajstić information content (AvgIpc) is 2.27. The molecule has 0 aliphatic rings. The van der Waals surface area contributed by atoms with Gasteiger partial charge in [0.25, 0.3) is 0 Å². The van der Waals surface area contributed by atoms with Crippen molar-refractivity contribution in [2.75, 3.05) is 0 Å². The van der Waals surface area contributed by atoms with E-state index >= 15 is 0 Å². The molecule has 0 saturated heterocycles. The minimum Gasteiger partial charge on any atom is -0.442 e. The summed E-state index contributed by atoms with van der Waals surface area (Å²) in [5.41, 5.74) is 0. The maximum Gasteiger partial charge on any atom is 2.00 e. The molecule has 0 rings (SSSR count). The topological polar surface area (TPSA) is 280 Å². The smallest absolute Gasteiger partial charge is 0.442 e. The van der Waals surface area contributed by atoms with Crippen LogP contribution < -0.4 is 0 Å². The number of hydrogen-bond donors (Lipinski definition) is 6. The van der Waals surface area contributed by atoms with Crippen molar-refractivity contribution < 1.29 is 141 Å². The van der Waals surface area contributed by atoms with Gasteiger partial charge in [-0.05, 0) is 5.04 Å². The van der Waals surface area contributed by atoms with Crippen molar-refractivity contribution in [2.45, 2.75) is 7.43 Å². The van der Waals surface area contributed by atoms with Gasteiger partial charge in [-0.25, -0.2) is 5.26 Å². The van der Waals surface area contributed by atoms with Crippen LogP contribution in [0.3, 0.4) is 0 Å². The normalized spacial score (nSPS) is 5.68. The minimum atomic E-state index is -4.61. The molecule has 0 bridgehead atoms. The summed E-state index contributed by atoms with van der Waals surface area (Å²) in [5, 5.41) is 13.5. The van der Waals surface area contributed by atoms with E-state index in [2.05, 4.69) is 14.7 Å². The number of hydrogen-bond acceptors (Lipinski definition) is 13. The summed E-state index contributed by atoms with van der Waals surface area (Å²) in [6.07, 6.45) is 0. The molecule has 0 aromatic carbocycles. The van der Waals surface area contributed by atoms with Gasteiger partial charge in [0.2, 0.25) is 0 Å². The van der Waals surface area contributed by atoms with Crippen molar-refractivity contribution in [1.82, 2.24) is 0 Å². The van der Waals surface area contributed by atoms with Gasteiger partial charge in [-0.2, -0.15) is 0 Å². The first-order valence-corrected chi connectivity index (χ1v) is 9.85. The Labute approximate surface area is 193 Å². The van der Waals surface area contributed by atoms with E-state index in [1.807, 2.05) is 0 Å². The van der Waals surface area contributed by atoms with Crippen LogP contribution in [-0.2, 0) is 101 Å². The summed E-state index contributed by atoms with van der Waals surface area (Å²) < 4.78 is 39.9. The van der Waals surface area contributed by atoms with E-state index in [4.69, 9.17) is 38.2 Å². The van der Waals surface area contributed by atoms with Crippen LogP contribution in [-0.4, -0.2) is 86.4 Å². The zero-order valence-electron chi connectivity index (χ0n) is 10.7. The van der Waals surface area contributed by atoms with Gasteiger partial charge in [0.15, 0.2) is 0 Å². The van der Waals surface area contributed by atoms with Crippen molar-refractivity contribution in [3.63, 3.8) is 0 Å². The molecule has 0 aromatic heterocycles. The molecular formula is CH17Cu4O15Si5+2. The molecule has 0 saturated carbocycles. The first kappa shape index (κ1) is 71.5. The molecule has 0 atom stereocenters. The van der Waals surface area contributed by atoms with Crippen LogP contribution in [0, 0.1) is 0 Å². The zero-order valence-corrected chi connectivity index (χ0v) is 20.5. The predicted molar refractivity (Wildman–Crippen MR) is 66.6 cm³/mol. The number of rotatable bonds is 4. The summed E-state index contributed by atoms with van der Waals surface area (Å²) in [6.45, 7) is 0. The van der Waals surface area contributed by atoms with E-state index in [1.54, 1.807) is 0 Å². The van der Waals surface area contributed by atoms with Crippen molar-refractivity contribution in [1.29, 1.82) is 0 Å². The monoisotopic (exact) mass is 661 g/mol. The molecule has 25 heavy (non-hydrogen) atoms. The van der Waals surface area contributed by atoms with Gasteiger partial charge in [0, 0.05) is 56.2 Å². The van der Waals surface area contributed by atoms with E-state index in [9.17, 15) is 8.92 Å². The molecular weight excluding hydrogens is 647 g/mol. The Morgan fingerprint density at radius 3 is 1.24 bits per heavy atom. The van der Waals surface area contributed by atoms with E-state index in [-0.39, 0.29) is 86.7 Å². The van der Waals surface area contributed by atoms with Crippen molar-refractivity contribution >= 4 is 46.2 Å². The molecule has 0 spiro atoms. The Morgan fingerprint density at radius 2 is 1.12 bits per heavy atom. The van der Waals surface area contributed by atoms with Crippen molar-refractivity contribution in [3.8, 4) is 0 Å². The summed E-state index contributed by atoms with van der Waals surface area (Å²) >= 11 is 0. The molecule has 5 radical (unpaired) electrons. The van der Waals surface area contributed by atoms with Crippen LogP contribution >= 0.6 is 0 Å².